The van der Waals surface area contributed by atoms with Gasteiger partial charge in [0.15, 0.2) is 0 Å². The Bertz CT molecular complexity index is 283. The van der Waals surface area contributed by atoms with Gasteiger partial charge in [-0.2, -0.15) is 0 Å². The van der Waals surface area contributed by atoms with Crippen LogP contribution in [0.25, 0.3) is 0 Å². The summed E-state index contributed by atoms with van der Waals surface area (Å²) in [5, 5.41) is 3.43. The quantitative estimate of drug-likeness (QED) is 0.801. The molecular formula is C13H21NO. The number of methoxy groups -OCH3 is 1. The standard InChI is InChI=1S/C13H21NO/c1-5-14-13(9-15-4)12-7-10(2)6-11(3)8-12/h6-8,13-14H,5,9H2,1-4H3. The number of ether oxygens (including phenoxy) is 1. The minimum atomic E-state index is 0.304. The fourth-order valence-electron chi connectivity index (χ4n) is 1.90. The van der Waals surface area contributed by atoms with E-state index in [1.165, 1.54) is 16.7 Å². The van der Waals surface area contributed by atoms with Gasteiger partial charge in [0.2, 0.25) is 0 Å². The molecule has 0 saturated carbocycles. The molecule has 1 aromatic rings. The van der Waals surface area contributed by atoms with Crippen LogP contribution in [-0.2, 0) is 4.74 Å². The van der Waals surface area contributed by atoms with Gasteiger partial charge in [-0.15, -0.1) is 0 Å². The molecule has 0 aliphatic carbocycles. The smallest absolute Gasteiger partial charge is 0.0657 e. The minimum Gasteiger partial charge on any atom is -0.383 e. The SMILES string of the molecule is CCNC(COC)c1cc(C)cc(C)c1. The zero-order valence-corrected chi connectivity index (χ0v) is 10.1. The van der Waals surface area contributed by atoms with E-state index in [-0.39, 0.29) is 0 Å². The first-order valence-corrected chi connectivity index (χ1v) is 5.48. The van der Waals surface area contributed by atoms with Crippen LogP contribution in [0.5, 0.6) is 0 Å². The Morgan fingerprint density at radius 2 is 1.80 bits per heavy atom. The highest BCUT2D eigenvalue weighted by atomic mass is 16.5. The maximum absolute atomic E-state index is 5.23. The third kappa shape index (κ3) is 3.65. The van der Waals surface area contributed by atoms with Crippen LogP contribution < -0.4 is 5.32 Å². The molecule has 0 radical (unpaired) electrons. The molecule has 1 N–H and O–H groups in total. The van der Waals surface area contributed by atoms with Gasteiger partial charge < -0.3 is 10.1 Å². The molecule has 1 unspecified atom stereocenters. The van der Waals surface area contributed by atoms with Crippen molar-refractivity contribution in [2.45, 2.75) is 26.8 Å². The molecule has 1 aromatic carbocycles. The van der Waals surface area contributed by atoms with Crippen molar-refractivity contribution >= 4 is 0 Å². The number of nitrogens with one attached hydrogen (secondary N) is 1. The molecule has 0 spiro atoms. The number of rotatable bonds is 5. The first kappa shape index (κ1) is 12.2. The average Bonchev–Trinajstić information content (AvgIpc) is 2.16. The molecule has 0 aromatic heterocycles. The Morgan fingerprint density at radius 3 is 2.27 bits per heavy atom. The molecule has 0 aliphatic rings. The Labute approximate surface area is 92.6 Å². The highest BCUT2D eigenvalue weighted by Gasteiger charge is 2.10. The van der Waals surface area contributed by atoms with Gasteiger partial charge >= 0.3 is 0 Å². The van der Waals surface area contributed by atoms with Gasteiger partial charge in [0.1, 0.15) is 0 Å². The first-order chi connectivity index (χ1) is 7.17. The predicted octanol–water partition coefficient (Wildman–Crippen LogP) is 2.60. The van der Waals surface area contributed by atoms with Gasteiger partial charge in [0.05, 0.1) is 12.6 Å². The lowest BCUT2D eigenvalue weighted by Gasteiger charge is -2.18. The summed E-state index contributed by atoms with van der Waals surface area (Å²) in [4.78, 5) is 0. The third-order valence-electron chi connectivity index (χ3n) is 2.43. The zero-order chi connectivity index (χ0) is 11.3. The molecule has 0 amide bonds. The molecule has 2 nitrogen and oxygen atoms in total. The normalized spacial score (nSPS) is 12.8. The van der Waals surface area contributed by atoms with Crippen LogP contribution in [0, 0.1) is 13.8 Å². The summed E-state index contributed by atoms with van der Waals surface area (Å²) in [6, 6.07) is 6.94. The van der Waals surface area contributed by atoms with E-state index in [1.807, 2.05) is 0 Å². The van der Waals surface area contributed by atoms with Crippen LogP contribution in [0.1, 0.15) is 29.7 Å². The van der Waals surface area contributed by atoms with Crippen LogP contribution >= 0.6 is 0 Å². The van der Waals surface area contributed by atoms with Gasteiger partial charge in [-0.25, -0.2) is 0 Å². The molecule has 15 heavy (non-hydrogen) atoms. The van der Waals surface area contributed by atoms with Crippen LogP contribution in [0.4, 0.5) is 0 Å². The average molecular weight is 207 g/mol. The molecule has 1 rings (SSSR count). The van der Waals surface area contributed by atoms with Gasteiger partial charge in [-0.3, -0.25) is 0 Å². The summed E-state index contributed by atoms with van der Waals surface area (Å²) in [5.74, 6) is 0. The van der Waals surface area contributed by atoms with Crippen LogP contribution in [0.3, 0.4) is 0 Å². The van der Waals surface area contributed by atoms with Crippen molar-refractivity contribution in [1.82, 2.24) is 5.32 Å². The van der Waals surface area contributed by atoms with Crippen molar-refractivity contribution in [3.63, 3.8) is 0 Å². The second-order valence-electron chi connectivity index (χ2n) is 3.99. The van der Waals surface area contributed by atoms with Gasteiger partial charge in [0, 0.05) is 7.11 Å². The Morgan fingerprint density at radius 1 is 1.20 bits per heavy atom. The third-order valence-corrected chi connectivity index (χ3v) is 2.43. The van der Waals surface area contributed by atoms with E-state index in [2.05, 4.69) is 44.3 Å². The molecule has 84 valence electrons. The molecule has 0 fully saturated rings. The van der Waals surface area contributed by atoms with E-state index in [4.69, 9.17) is 4.74 Å². The highest BCUT2D eigenvalue weighted by Crippen LogP contribution is 2.17. The summed E-state index contributed by atoms with van der Waals surface area (Å²) in [7, 11) is 1.74. The second kappa shape index (κ2) is 5.89. The summed E-state index contributed by atoms with van der Waals surface area (Å²) in [6.45, 7) is 8.06. The van der Waals surface area contributed by atoms with E-state index in [9.17, 15) is 0 Å². The maximum atomic E-state index is 5.23. The van der Waals surface area contributed by atoms with Crippen molar-refractivity contribution in [3.05, 3.63) is 34.9 Å². The monoisotopic (exact) mass is 207 g/mol. The Hall–Kier alpha value is -0.860. The summed E-state index contributed by atoms with van der Waals surface area (Å²) < 4.78 is 5.23. The van der Waals surface area contributed by atoms with Crippen molar-refractivity contribution in [2.75, 3.05) is 20.3 Å². The van der Waals surface area contributed by atoms with Gasteiger partial charge in [-0.05, 0) is 26.0 Å². The number of hydrogen-bond donors (Lipinski definition) is 1. The van der Waals surface area contributed by atoms with Crippen molar-refractivity contribution in [3.8, 4) is 0 Å². The molecule has 0 heterocycles. The number of benzene rings is 1. The maximum Gasteiger partial charge on any atom is 0.0657 e. The lowest BCUT2D eigenvalue weighted by atomic mass is 10.0. The van der Waals surface area contributed by atoms with Crippen molar-refractivity contribution < 1.29 is 4.74 Å². The van der Waals surface area contributed by atoms with Crippen LogP contribution in [0.15, 0.2) is 18.2 Å². The van der Waals surface area contributed by atoms with Crippen LogP contribution in [0.2, 0.25) is 0 Å². The summed E-state index contributed by atoms with van der Waals surface area (Å²) >= 11 is 0. The second-order valence-corrected chi connectivity index (χ2v) is 3.99. The van der Waals surface area contributed by atoms with Gasteiger partial charge in [-0.1, -0.05) is 36.2 Å². The van der Waals surface area contributed by atoms with Gasteiger partial charge in [0.25, 0.3) is 0 Å². The summed E-state index contributed by atoms with van der Waals surface area (Å²) in [5.41, 5.74) is 3.93. The van der Waals surface area contributed by atoms with E-state index in [0.29, 0.717) is 6.04 Å². The highest BCUT2D eigenvalue weighted by molar-refractivity contribution is 5.30. The first-order valence-electron chi connectivity index (χ1n) is 5.48. The molecule has 0 aliphatic heterocycles. The molecule has 2 heteroatoms. The fourth-order valence-corrected chi connectivity index (χ4v) is 1.90. The van der Waals surface area contributed by atoms with Crippen molar-refractivity contribution in [2.24, 2.45) is 0 Å². The molecule has 0 bridgehead atoms. The molecule has 1 atom stereocenters. The van der Waals surface area contributed by atoms with E-state index < -0.39 is 0 Å². The topological polar surface area (TPSA) is 21.3 Å². The predicted molar refractivity (Wildman–Crippen MR) is 64.2 cm³/mol. The number of aryl methyl sites for hydroxylation is 2. The lowest BCUT2D eigenvalue weighted by Crippen LogP contribution is -2.25. The Balaban J connectivity index is 2.88. The molecular weight excluding hydrogens is 186 g/mol. The van der Waals surface area contributed by atoms with E-state index in [0.717, 1.165) is 13.2 Å². The summed E-state index contributed by atoms with van der Waals surface area (Å²) in [6.07, 6.45) is 0. The largest absolute Gasteiger partial charge is 0.383 e. The zero-order valence-electron chi connectivity index (χ0n) is 10.1. The Kier molecular flexibility index (Phi) is 4.79. The minimum absolute atomic E-state index is 0.304. The van der Waals surface area contributed by atoms with E-state index in [1.54, 1.807) is 7.11 Å². The lowest BCUT2D eigenvalue weighted by molar-refractivity contribution is 0.168. The molecule has 0 saturated heterocycles. The van der Waals surface area contributed by atoms with E-state index >= 15 is 0 Å². The fraction of sp³-hybridized carbons (Fsp3) is 0.538. The van der Waals surface area contributed by atoms with Crippen molar-refractivity contribution in [1.29, 1.82) is 0 Å². The number of hydrogen-bond acceptors (Lipinski definition) is 2. The number of likely N-dealkylation sites (N-methyl/N-ethyl adjacent to an activating group) is 1. The van der Waals surface area contributed by atoms with Crippen LogP contribution in [-0.4, -0.2) is 20.3 Å².